The lowest BCUT2D eigenvalue weighted by Gasteiger charge is -2.39. The van der Waals surface area contributed by atoms with E-state index in [4.69, 9.17) is 4.74 Å². The Labute approximate surface area is 218 Å². The van der Waals surface area contributed by atoms with Crippen molar-refractivity contribution in [2.45, 2.75) is 57.5 Å². The predicted molar refractivity (Wildman–Crippen MR) is 141 cm³/mol. The first-order chi connectivity index (χ1) is 18.0. The molecule has 0 amide bonds. The quantitative estimate of drug-likeness (QED) is 0.299. The number of fused-ring (bicyclic) bond motifs is 1. The number of aryl methyl sites for hydroxylation is 1. The number of carboxylic acids is 1. The molecular formula is C29H37FN4O3. The largest absolute Gasteiger partial charge is 0.497 e. The highest BCUT2D eigenvalue weighted by Gasteiger charge is 2.30. The minimum absolute atomic E-state index is 0.164. The van der Waals surface area contributed by atoms with Crippen molar-refractivity contribution in [3.63, 3.8) is 0 Å². The number of nitrogens with zero attached hydrogens (tertiary/aromatic N) is 4. The van der Waals surface area contributed by atoms with Gasteiger partial charge in [0.05, 0.1) is 12.6 Å². The van der Waals surface area contributed by atoms with Crippen LogP contribution >= 0.6 is 0 Å². The number of rotatable bonds is 13. The maximum atomic E-state index is 15.5. The fourth-order valence-corrected chi connectivity index (χ4v) is 5.56. The Kier molecular flexibility index (Phi) is 9.77. The fraction of sp³-hybridized carbons (Fsp3) is 0.517. The number of aliphatic carboxylic acids is 1. The first-order valence-corrected chi connectivity index (χ1v) is 13.3. The number of likely N-dealkylation sites (tertiary alicyclic amines) is 1. The van der Waals surface area contributed by atoms with Gasteiger partial charge in [-0.2, -0.15) is 0 Å². The van der Waals surface area contributed by atoms with E-state index >= 15 is 4.39 Å². The molecule has 1 saturated heterocycles. The molecule has 1 N–H and O–H groups in total. The molecular weight excluding hydrogens is 471 g/mol. The summed E-state index contributed by atoms with van der Waals surface area (Å²) >= 11 is 0. The van der Waals surface area contributed by atoms with Crippen LogP contribution in [-0.2, 0) is 11.2 Å². The van der Waals surface area contributed by atoms with E-state index in [0.717, 1.165) is 68.2 Å². The molecule has 3 atom stereocenters. The number of ether oxygens (including phenoxy) is 1. The summed E-state index contributed by atoms with van der Waals surface area (Å²) in [6.45, 7) is 2.87. The average molecular weight is 509 g/mol. The van der Waals surface area contributed by atoms with Crippen molar-refractivity contribution >= 4 is 16.9 Å². The number of benzene rings is 1. The second-order valence-electron chi connectivity index (χ2n) is 10.1. The molecule has 4 rings (SSSR count). The summed E-state index contributed by atoms with van der Waals surface area (Å²) in [5.74, 6) is 0.528. The molecule has 0 unspecified atom stereocenters. The number of methoxy groups -OCH3 is 1. The van der Waals surface area contributed by atoms with E-state index in [0.29, 0.717) is 30.1 Å². The van der Waals surface area contributed by atoms with E-state index in [-0.39, 0.29) is 12.3 Å². The van der Waals surface area contributed by atoms with Crippen molar-refractivity contribution in [2.75, 3.05) is 26.7 Å². The lowest BCUT2D eigenvalue weighted by atomic mass is 9.79. The van der Waals surface area contributed by atoms with Crippen LogP contribution in [0.1, 0.15) is 62.2 Å². The van der Waals surface area contributed by atoms with E-state index in [9.17, 15) is 9.90 Å². The van der Waals surface area contributed by atoms with Gasteiger partial charge >= 0.3 is 5.97 Å². The summed E-state index contributed by atoms with van der Waals surface area (Å²) in [5.41, 5.74) is 2.56. The molecule has 1 aliphatic heterocycles. The third-order valence-electron chi connectivity index (χ3n) is 7.62. The van der Waals surface area contributed by atoms with Gasteiger partial charge in [0.15, 0.2) is 0 Å². The SMILES string of the molecule is COc1ccc2nccc([C@H](F)CC[C@@H]3CCN(CCCCc4cncnc4)C[C@H]3CCC(=O)O)c2c1. The van der Waals surface area contributed by atoms with Gasteiger partial charge < -0.3 is 14.7 Å². The van der Waals surface area contributed by atoms with Crippen LogP contribution in [0, 0.1) is 11.8 Å². The molecule has 8 heteroatoms. The van der Waals surface area contributed by atoms with Crippen molar-refractivity contribution in [2.24, 2.45) is 11.8 Å². The van der Waals surface area contributed by atoms with Crippen molar-refractivity contribution in [1.82, 2.24) is 19.9 Å². The third kappa shape index (κ3) is 7.68. The normalized spacial score (nSPS) is 19.1. The van der Waals surface area contributed by atoms with Gasteiger partial charge in [-0.25, -0.2) is 14.4 Å². The summed E-state index contributed by atoms with van der Waals surface area (Å²) in [6, 6.07) is 7.31. The van der Waals surface area contributed by atoms with Crippen LogP contribution in [0.25, 0.3) is 10.9 Å². The van der Waals surface area contributed by atoms with Gasteiger partial charge in [0, 0.05) is 36.9 Å². The first kappa shape index (κ1) is 26.9. The maximum Gasteiger partial charge on any atom is 0.303 e. The number of carboxylic acid groups (broad SMARTS) is 1. The van der Waals surface area contributed by atoms with Crippen molar-refractivity contribution in [3.8, 4) is 5.75 Å². The van der Waals surface area contributed by atoms with Crippen LogP contribution in [0.15, 0.2) is 49.2 Å². The molecule has 198 valence electrons. The monoisotopic (exact) mass is 508 g/mol. The van der Waals surface area contributed by atoms with Crippen LogP contribution in [0.2, 0.25) is 0 Å². The van der Waals surface area contributed by atoms with Crippen molar-refractivity contribution in [3.05, 3.63) is 60.3 Å². The van der Waals surface area contributed by atoms with Gasteiger partial charge in [0.2, 0.25) is 0 Å². The van der Waals surface area contributed by atoms with Gasteiger partial charge in [-0.3, -0.25) is 9.78 Å². The molecule has 0 spiro atoms. The molecule has 2 aromatic heterocycles. The second kappa shape index (κ2) is 13.4. The van der Waals surface area contributed by atoms with Crippen molar-refractivity contribution < 1.29 is 19.0 Å². The number of carbonyl (C=O) groups is 1. The average Bonchev–Trinajstić information content (AvgIpc) is 2.93. The Balaban J connectivity index is 1.32. The topological polar surface area (TPSA) is 88.4 Å². The first-order valence-electron chi connectivity index (χ1n) is 13.3. The van der Waals surface area contributed by atoms with E-state index in [2.05, 4.69) is 19.9 Å². The van der Waals surface area contributed by atoms with Gasteiger partial charge in [-0.15, -0.1) is 0 Å². The summed E-state index contributed by atoms with van der Waals surface area (Å²) in [4.78, 5) is 26.3. The van der Waals surface area contributed by atoms with E-state index in [1.54, 1.807) is 25.7 Å². The smallest absolute Gasteiger partial charge is 0.303 e. The zero-order valence-corrected chi connectivity index (χ0v) is 21.6. The standard InChI is InChI=1S/C29H37FN4O3/c1-37-24-7-9-28-26(16-24)25(11-13-33-28)27(30)8-5-22-12-15-34(19-23(22)6-10-29(35)36)14-3-2-4-21-17-31-20-32-18-21/h7,9,11,13,16-18,20,22-23,27H,2-6,8,10,12,14-15,19H2,1H3,(H,35,36)/t22-,23-,27-/m1/s1. The van der Waals surface area contributed by atoms with Gasteiger partial charge in [0.25, 0.3) is 0 Å². The number of aromatic nitrogens is 3. The number of halogens is 1. The number of alkyl halides is 1. The summed E-state index contributed by atoms with van der Waals surface area (Å²) < 4.78 is 20.9. The lowest BCUT2D eigenvalue weighted by molar-refractivity contribution is -0.137. The van der Waals surface area contributed by atoms with Crippen LogP contribution in [-0.4, -0.2) is 57.7 Å². The minimum Gasteiger partial charge on any atom is -0.497 e. The van der Waals surface area contributed by atoms with E-state index in [1.165, 1.54) is 0 Å². The number of hydrogen-bond acceptors (Lipinski definition) is 6. The molecule has 1 fully saturated rings. The van der Waals surface area contributed by atoms with Gasteiger partial charge in [0.1, 0.15) is 18.2 Å². The van der Waals surface area contributed by atoms with Gasteiger partial charge in [-0.1, -0.05) is 0 Å². The molecule has 0 bridgehead atoms. The van der Waals surface area contributed by atoms with Crippen LogP contribution in [0.3, 0.4) is 0 Å². The Morgan fingerprint density at radius 3 is 2.81 bits per heavy atom. The second-order valence-corrected chi connectivity index (χ2v) is 10.1. The molecule has 37 heavy (non-hydrogen) atoms. The molecule has 3 heterocycles. The number of unbranched alkanes of at least 4 members (excludes halogenated alkanes) is 1. The summed E-state index contributed by atoms with van der Waals surface area (Å²) in [7, 11) is 1.60. The molecule has 3 aromatic rings. The zero-order valence-electron chi connectivity index (χ0n) is 21.6. The fourth-order valence-electron chi connectivity index (χ4n) is 5.56. The summed E-state index contributed by atoms with van der Waals surface area (Å²) in [5, 5.41) is 10.1. The molecule has 1 aromatic carbocycles. The Bertz CT molecular complexity index is 1150. The van der Waals surface area contributed by atoms with E-state index in [1.807, 2.05) is 30.6 Å². The predicted octanol–water partition coefficient (Wildman–Crippen LogP) is 5.65. The number of hydrogen-bond donors (Lipinski definition) is 1. The van der Waals surface area contributed by atoms with Crippen molar-refractivity contribution in [1.29, 1.82) is 0 Å². The van der Waals surface area contributed by atoms with Crippen LogP contribution in [0.5, 0.6) is 5.75 Å². The van der Waals surface area contributed by atoms with Crippen LogP contribution < -0.4 is 4.74 Å². The summed E-state index contributed by atoms with van der Waals surface area (Å²) in [6.07, 6.45) is 11.9. The number of pyridine rings is 1. The highest BCUT2D eigenvalue weighted by atomic mass is 19.1. The molecule has 1 aliphatic rings. The Morgan fingerprint density at radius 1 is 1.19 bits per heavy atom. The zero-order chi connectivity index (χ0) is 26.0. The number of piperidine rings is 1. The highest BCUT2D eigenvalue weighted by molar-refractivity contribution is 5.83. The highest BCUT2D eigenvalue weighted by Crippen LogP contribution is 2.36. The van der Waals surface area contributed by atoms with E-state index < -0.39 is 12.1 Å². The molecule has 7 nitrogen and oxygen atoms in total. The molecule has 0 radical (unpaired) electrons. The Hall–Kier alpha value is -3.13. The minimum atomic E-state index is -1.10. The lowest BCUT2D eigenvalue weighted by Crippen LogP contribution is -2.41. The Morgan fingerprint density at radius 2 is 2.03 bits per heavy atom. The molecule has 0 saturated carbocycles. The molecule has 0 aliphatic carbocycles. The maximum absolute atomic E-state index is 15.5. The third-order valence-corrected chi connectivity index (χ3v) is 7.62. The van der Waals surface area contributed by atoms with Crippen LogP contribution in [0.4, 0.5) is 4.39 Å². The van der Waals surface area contributed by atoms with Gasteiger partial charge in [-0.05, 0) is 105 Å².